The first kappa shape index (κ1) is 29.7. The predicted octanol–water partition coefficient (Wildman–Crippen LogP) is 14.9. The Morgan fingerprint density at radius 2 is 0.871 bits per heavy atom. The molecule has 0 spiro atoms. The van der Waals surface area contributed by atoms with Crippen molar-refractivity contribution in [3.05, 3.63) is 218 Å². The number of hydrogen-bond donors (Lipinski definition) is 0. The second-order valence-corrected chi connectivity index (χ2v) is 15.1. The van der Waals surface area contributed by atoms with Crippen molar-refractivity contribution in [3.63, 3.8) is 0 Å². The SMILES string of the molecule is [2H]c1cc([2H])c2c(c1[2H])c1c([2H])c([2H])cc([2H])c1n2-c1ccc(-c2nc(-c3cccc(-c4ccccc4)c3)nc(-c3cccc(-c4ccccc4)c3)n2)cc1-c1cccc2c1oc1ccccc12. The summed E-state index contributed by atoms with van der Waals surface area (Å²) >= 11 is 0. The molecule has 3 heterocycles. The molecule has 0 saturated carbocycles. The van der Waals surface area contributed by atoms with E-state index in [2.05, 4.69) is 48.5 Å². The van der Waals surface area contributed by atoms with Gasteiger partial charge in [-0.15, -0.1) is 0 Å². The van der Waals surface area contributed by atoms with Gasteiger partial charge in [0.05, 0.1) is 24.9 Å². The maximum atomic E-state index is 9.29. The van der Waals surface area contributed by atoms with Crippen LogP contribution in [-0.4, -0.2) is 19.5 Å². The molecule has 0 aliphatic heterocycles. The minimum absolute atomic E-state index is 0.0540. The standard InChI is InChI=1S/C57H36N4O/c1-3-16-37(17-4-1)39-20-13-22-41(34-39)55-58-56(42-23-14-21-40(35-42)38-18-5-2-6-19-38)60-57(59-55)43-32-33-52(61-50-29-10-7-24-44(50)45-25-8-11-30-51(45)61)49(36-43)48-28-15-27-47-46-26-9-12-31-53(46)62-54(47)48/h1-36H/i7D,8D,24D,25D,29D,30D. The van der Waals surface area contributed by atoms with E-state index < -0.39 is 0 Å². The average Bonchev–Trinajstić information content (AvgIpc) is 3.96. The topological polar surface area (TPSA) is 56.7 Å². The Kier molecular flexibility index (Phi) is 7.05. The van der Waals surface area contributed by atoms with Gasteiger partial charge in [0.2, 0.25) is 0 Å². The Hall–Kier alpha value is -8.41. The van der Waals surface area contributed by atoms with Gasteiger partial charge in [0.15, 0.2) is 17.5 Å². The summed E-state index contributed by atoms with van der Waals surface area (Å²) in [5, 5.41) is 2.17. The molecule has 5 heteroatoms. The molecule has 0 fully saturated rings. The minimum Gasteiger partial charge on any atom is -0.455 e. The van der Waals surface area contributed by atoms with Crippen molar-refractivity contribution in [1.82, 2.24) is 19.5 Å². The molecule has 3 aromatic heterocycles. The van der Waals surface area contributed by atoms with Crippen LogP contribution in [0.2, 0.25) is 0 Å². The van der Waals surface area contributed by atoms with Crippen molar-refractivity contribution in [2.75, 3.05) is 0 Å². The van der Waals surface area contributed by atoms with Gasteiger partial charge < -0.3 is 8.98 Å². The lowest BCUT2D eigenvalue weighted by atomic mass is 9.97. The number of nitrogens with zero attached hydrogens (tertiary/aromatic N) is 4. The van der Waals surface area contributed by atoms with E-state index in [9.17, 15) is 2.74 Å². The van der Waals surface area contributed by atoms with E-state index in [0.717, 1.165) is 44.2 Å². The molecule has 12 rings (SSSR count). The van der Waals surface area contributed by atoms with Crippen molar-refractivity contribution >= 4 is 43.7 Å². The third-order valence-corrected chi connectivity index (χ3v) is 11.4. The zero-order valence-corrected chi connectivity index (χ0v) is 33.0. The fraction of sp³-hybridized carbons (Fsp3) is 0. The first-order chi connectivity index (χ1) is 33.2. The molecule has 0 atom stereocenters. The number of hydrogen-bond acceptors (Lipinski definition) is 4. The lowest BCUT2D eigenvalue weighted by Gasteiger charge is -2.16. The molecule has 0 radical (unpaired) electrons. The molecular weight excluding hydrogens is 757 g/mol. The highest BCUT2D eigenvalue weighted by molar-refractivity contribution is 6.12. The maximum absolute atomic E-state index is 9.29. The zero-order valence-electron chi connectivity index (χ0n) is 39.0. The zero-order chi connectivity index (χ0) is 46.2. The van der Waals surface area contributed by atoms with E-state index in [1.807, 2.05) is 121 Å². The van der Waals surface area contributed by atoms with E-state index in [1.54, 1.807) is 4.57 Å². The van der Waals surface area contributed by atoms with E-state index in [4.69, 9.17) is 24.9 Å². The highest BCUT2D eigenvalue weighted by Crippen LogP contribution is 2.42. The second kappa shape index (κ2) is 14.7. The summed E-state index contributed by atoms with van der Waals surface area (Å²) in [7, 11) is 0. The van der Waals surface area contributed by atoms with E-state index in [0.29, 0.717) is 51.0 Å². The number of aromatic nitrogens is 4. The summed E-state index contributed by atoms with van der Waals surface area (Å²) in [5.41, 5.74) is 10.1. The maximum Gasteiger partial charge on any atom is 0.164 e. The highest BCUT2D eigenvalue weighted by Gasteiger charge is 2.21. The molecule has 62 heavy (non-hydrogen) atoms. The Morgan fingerprint density at radius 1 is 0.371 bits per heavy atom. The molecule has 5 nitrogen and oxygen atoms in total. The molecule has 290 valence electrons. The molecule has 0 aliphatic rings. The molecule has 0 bridgehead atoms. The lowest BCUT2D eigenvalue weighted by molar-refractivity contribution is 0.670. The van der Waals surface area contributed by atoms with Crippen LogP contribution in [0.15, 0.2) is 223 Å². The van der Waals surface area contributed by atoms with Crippen molar-refractivity contribution in [3.8, 4) is 73.2 Å². The van der Waals surface area contributed by atoms with Crippen LogP contribution in [-0.2, 0) is 0 Å². The number of furan rings is 1. The smallest absolute Gasteiger partial charge is 0.164 e. The first-order valence-electron chi connectivity index (χ1n) is 23.3. The molecular formula is C57H36N4O. The van der Waals surface area contributed by atoms with Gasteiger partial charge in [-0.25, -0.2) is 15.0 Å². The largest absolute Gasteiger partial charge is 0.455 e. The van der Waals surface area contributed by atoms with Crippen LogP contribution in [0.25, 0.3) is 117 Å². The van der Waals surface area contributed by atoms with E-state index in [-0.39, 0.29) is 58.1 Å². The summed E-state index contributed by atoms with van der Waals surface area (Å²) < 4.78 is 62.4. The van der Waals surface area contributed by atoms with Gasteiger partial charge in [-0.3, -0.25) is 0 Å². The van der Waals surface area contributed by atoms with Crippen LogP contribution in [0.5, 0.6) is 0 Å². The van der Waals surface area contributed by atoms with Gasteiger partial charge in [-0.1, -0.05) is 170 Å². The molecule has 0 unspecified atom stereocenters. The first-order valence-corrected chi connectivity index (χ1v) is 20.3. The van der Waals surface area contributed by atoms with Gasteiger partial charge >= 0.3 is 0 Å². The van der Waals surface area contributed by atoms with Gasteiger partial charge in [-0.2, -0.15) is 0 Å². The molecule has 0 N–H and O–H groups in total. The van der Waals surface area contributed by atoms with Gasteiger partial charge in [0.1, 0.15) is 11.2 Å². The average molecular weight is 799 g/mol. The van der Waals surface area contributed by atoms with Crippen LogP contribution < -0.4 is 0 Å². The third-order valence-electron chi connectivity index (χ3n) is 11.4. The molecule has 9 aromatic carbocycles. The molecule has 0 aliphatic carbocycles. The molecule has 12 aromatic rings. The Bertz CT molecular complexity index is 3830. The van der Waals surface area contributed by atoms with Crippen LogP contribution in [0.1, 0.15) is 8.22 Å². The number of fused-ring (bicyclic) bond motifs is 6. The van der Waals surface area contributed by atoms with Crippen molar-refractivity contribution in [2.45, 2.75) is 0 Å². The van der Waals surface area contributed by atoms with Crippen molar-refractivity contribution in [2.24, 2.45) is 0 Å². The van der Waals surface area contributed by atoms with Crippen molar-refractivity contribution in [1.29, 1.82) is 0 Å². The Morgan fingerprint density at radius 3 is 1.48 bits per heavy atom. The summed E-state index contributed by atoms with van der Waals surface area (Å²) in [4.78, 5) is 15.6. The lowest BCUT2D eigenvalue weighted by Crippen LogP contribution is -2.02. The summed E-state index contributed by atoms with van der Waals surface area (Å²) in [6.07, 6.45) is 0. The van der Waals surface area contributed by atoms with E-state index >= 15 is 0 Å². The third kappa shape index (κ3) is 6.06. The Balaban J connectivity index is 1.15. The van der Waals surface area contributed by atoms with Gasteiger partial charge in [0.25, 0.3) is 0 Å². The molecule has 0 saturated heterocycles. The fourth-order valence-electron chi connectivity index (χ4n) is 8.50. The predicted molar refractivity (Wildman–Crippen MR) is 254 cm³/mol. The Labute approximate surface area is 366 Å². The summed E-state index contributed by atoms with van der Waals surface area (Å²) in [6.45, 7) is 0. The minimum atomic E-state index is -0.186. The number of para-hydroxylation sites is 4. The van der Waals surface area contributed by atoms with Gasteiger partial charge in [-0.05, 0) is 70.7 Å². The fourth-order valence-corrected chi connectivity index (χ4v) is 8.50. The van der Waals surface area contributed by atoms with Crippen LogP contribution >= 0.6 is 0 Å². The van der Waals surface area contributed by atoms with Gasteiger partial charge in [0, 0.05) is 49.4 Å². The quantitative estimate of drug-likeness (QED) is 0.161. The molecule has 0 amide bonds. The van der Waals surface area contributed by atoms with Crippen molar-refractivity contribution < 1.29 is 12.6 Å². The normalized spacial score (nSPS) is 12.9. The van der Waals surface area contributed by atoms with E-state index in [1.165, 1.54) is 12.1 Å². The van der Waals surface area contributed by atoms with Crippen LogP contribution in [0.3, 0.4) is 0 Å². The number of benzene rings is 9. The van der Waals surface area contributed by atoms with Crippen LogP contribution in [0, 0.1) is 0 Å². The second-order valence-electron chi connectivity index (χ2n) is 15.1. The highest BCUT2D eigenvalue weighted by atomic mass is 16.3. The monoisotopic (exact) mass is 798 g/mol. The van der Waals surface area contributed by atoms with Crippen LogP contribution in [0.4, 0.5) is 0 Å². The summed E-state index contributed by atoms with van der Waals surface area (Å²) in [5.74, 6) is 1.34. The summed E-state index contributed by atoms with van der Waals surface area (Å²) in [6, 6.07) is 58.0. The number of rotatable bonds is 7.